The molecule has 1 saturated heterocycles. The highest BCUT2D eigenvalue weighted by Crippen LogP contribution is 2.28. The number of pyridine rings is 1. The highest BCUT2D eigenvalue weighted by molar-refractivity contribution is 5.81. The van der Waals surface area contributed by atoms with Gasteiger partial charge in [-0.3, -0.25) is 9.78 Å². The van der Waals surface area contributed by atoms with Crippen molar-refractivity contribution in [1.82, 2.24) is 9.88 Å². The minimum Gasteiger partial charge on any atom is -0.493 e. The minimum absolute atomic E-state index is 0.171. The molecule has 29 heavy (non-hydrogen) atoms. The molecule has 1 amide bonds. The summed E-state index contributed by atoms with van der Waals surface area (Å²) in [6.07, 6.45) is 8.81. The standard InChI is InChI=1S/C24H30N2O3/c27-24(23-9-5-16-29-23)26(21-7-1-2-8-21)18-19-10-12-22(13-11-19)28-17-14-20-6-3-4-15-25-20/h3-4,6,10-13,15,21,23H,1-2,5,7-9,14,16-18H2. The zero-order chi connectivity index (χ0) is 19.9. The molecule has 1 aliphatic heterocycles. The highest BCUT2D eigenvalue weighted by atomic mass is 16.5. The maximum atomic E-state index is 13.1. The molecule has 0 spiro atoms. The van der Waals surface area contributed by atoms with Crippen molar-refractivity contribution < 1.29 is 14.3 Å². The van der Waals surface area contributed by atoms with Gasteiger partial charge in [-0.25, -0.2) is 0 Å². The van der Waals surface area contributed by atoms with Crippen LogP contribution in [-0.2, 0) is 22.5 Å². The van der Waals surface area contributed by atoms with Crippen LogP contribution in [0.2, 0.25) is 0 Å². The Hall–Kier alpha value is -2.40. The third kappa shape index (κ3) is 5.36. The van der Waals surface area contributed by atoms with Gasteiger partial charge in [-0.05, 0) is 55.5 Å². The predicted octanol–water partition coefficient (Wildman–Crippen LogP) is 4.15. The van der Waals surface area contributed by atoms with Gasteiger partial charge >= 0.3 is 0 Å². The van der Waals surface area contributed by atoms with Gasteiger partial charge in [-0.15, -0.1) is 0 Å². The zero-order valence-corrected chi connectivity index (χ0v) is 17.0. The van der Waals surface area contributed by atoms with Gasteiger partial charge in [0.05, 0.1) is 6.61 Å². The first kappa shape index (κ1) is 19.9. The Morgan fingerprint density at radius 2 is 1.90 bits per heavy atom. The molecule has 1 unspecified atom stereocenters. The zero-order valence-electron chi connectivity index (χ0n) is 17.0. The normalized spacial score (nSPS) is 19.4. The van der Waals surface area contributed by atoms with E-state index in [1.54, 1.807) is 6.20 Å². The van der Waals surface area contributed by atoms with Crippen molar-refractivity contribution in [2.24, 2.45) is 0 Å². The van der Waals surface area contributed by atoms with Gasteiger partial charge in [0, 0.05) is 37.5 Å². The highest BCUT2D eigenvalue weighted by Gasteiger charge is 2.33. The summed E-state index contributed by atoms with van der Waals surface area (Å²) < 4.78 is 11.5. The maximum Gasteiger partial charge on any atom is 0.252 e. The summed E-state index contributed by atoms with van der Waals surface area (Å²) in [6, 6.07) is 14.4. The fourth-order valence-corrected chi connectivity index (χ4v) is 4.27. The monoisotopic (exact) mass is 394 g/mol. The molecule has 5 nitrogen and oxygen atoms in total. The molecule has 0 radical (unpaired) electrons. The van der Waals surface area contributed by atoms with Gasteiger partial charge in [0.2, 0.25) is 0 Å². The van der Waals surface area contributed by atoms with Crippen LogP contribution in [0.5, 0.6) is 5.75 Å². The van der Waals surface area contributed by atoms with E-state index >= 15 is 0 Å². The van der Waals surface area contributed by atoms with Crippen molar-refractivity contribution in [2.75, 3.05) is 13.2 Å². The first-order chi connectivity index (χ1) is 14.3. The van der Waals surface area contributed by atoms with E-state index in [1.807, 2.05) is 30.3 Å². The second kappa shape index (κ2) is 9.88. The number of amides is 1. The molecule has 1 aromatic carbocycles. The molecular weight excluding hydrogens is 364 g/mol. The molecule has 2 aliphatic rings. The molecule has 1 aromatic heterocycles. The van der Waals surface area contributed by atoms with E-state index < -0.39 is 0 Å². The van der Waals surface area contributed by atoms with Crippen LogP contribution in [0.3, 0.4) is 0 Å². The fourth-order valence-electron chi connectivity index (χ4n) is 4.27. The van der Waals surface area contributed by atoms with E-state index in [0.29, 0.717) is 25.8 Å². The molecular formula is C24H30N2O3. The molecule has 0 bridgehead atoms. The average molecular weight is 395 g/mol. The van der Waals surface area contributed by atoms with Crippen LogP contribution in [0.15, 0.2) is 48.7 Å². The van der Waals surface area contributed by atoms with Crippen LogP contribution in [-0.4, -0.2) is 41.2 Å². The van der Waals surface area contributed by atoms with E-state index in [2.05, 4.69) is 22.0 Å². The summed E-state index contributed by atoms with van der Waals surface area (Å²) in [4.78, 5) is 19.4. The summed E-state index contributed by atoms with van der Waals surface area (Å²) in [7, 11) is 0. The number of benzene rings is 1. The number of nitrogens with zero attached hydrogens (tertiary/aromatic N) is 2. The van der Waals surface area contributed by atoms with Crippen molar-refractivity contribution in [2.45, 2.75) is 63.6 Å². The lowest BCUT2D eigenvalue weighted by Crippen LogP contribution is -2.43. The largest absolute Gasteiger partial charge is 0.493 e. The van der Waals surface area contributed by atoms with Crippen LogP contribution >= 0.6 is 0 Å². The van der Waals surface area contributed by atoms with Gasteiger partial charge < -0.3 is 14.4 Å². The third-order valence-electron chi connectivity index (χ3n) is 5.88. The Balaban J connectivity index is 1.34. The second-order valence-electron chi connectivity index (χ2n) is 7.97. The Labute approximate surface area is 173 Å². The number of hydrogen-bond donors (Lipinski definition) is 0. The minimum atomic E-state index is -0.246. The molecule has 2 heterocycles. The molecule has 2 aromatic rings. The summed E-state index contributed by atoms with van der Waals surface area (Å²) in [5.74, 6) is 1.02. The number of hydrogen-bond acceptors (Lipinski definition) is 4. The molecule has 154 valence electrons. The number of ether oxygens (including phenoxy) is 2. The molecule has 1 aliphatic carbocycles. The maximum absolute atomic E-state index is 13.1. The number of carbonyl (C=O) groups is 1. The van der Waals surface area contributed by atoms with Gasteiger partial charge in [0.25, 0.3) is 5.91 Å². The first-order valence-corrected chi connectivity index (χ1v) is 10.8. The van der Waals surface area contributed by atoms with Gasteiger partial charge in [-0.1, -0.05) is 31.0 Å². The van der Waals surface area contributed by atoms with Crippen molar-refractivity contribution in [3.8, 4) is 5.75 Å². The Morgan fingerprint density at radius 3 is 2.59 bits per heavy atom. The van der Waals surface area contributed by atoms with Crippen LogP contribution in [0.25, 0.3) is 0 Å². The number of aromatic nitrogens is 1. The molecule has 1 saturated carbocycles. The van der Waals surface area contributed by atoms with E-state index in [0.717, 1.165) is 49.1 Å². The lowest BCUT2D eigenvalue weighted by atomic mass is 10.1. The lowest BCUT2D eigenvalue weighted by molar-refractivity contribution is -0.144. The smallest absolute Gasteiger partial charge is 0.252 e. The van der Waals surface area contributed by atoms with E-state index in [9.17, 15) is 4.79 Å². The average Bonchev–Trinajstić information content (AvgIpc) is 3.48. The van der Waals surface area contributed by atoms with Gasteiger partial charge in [-0.2, -0.15) is 0 Å². The summed E-state index contributed by atoms with van der Waals surface area (Å²) >= 11 is 0. The van der Waals surface area contributed by atoms with Crippen LogP contribution < -0.4 is 4.74 Å². The molecule has 1 atom stereocenters. The summed E-state index contributed by atoms with van der Waals surface area (Å²) in [6.45, 7) is 1.96. The molecule has 0 N–H and O–H groups in total. The number of carbonyl (C=O) groups excluding carboxylic acids is 1. The van der Waals surface area contributed by atoms with Crippen molar-refractivity contribution in [1.29, 1.82) is 0 Å². The quantitative estimate of drug-likeness (QED) is 0.675. The second-order valence-corrected chi connectivity index (χ2v) is 7.97. The third-order valence-corrected chi connectivity index (χ3v) is 5.88. The van der Waals surface area contributed by atoms with Crippen LogP contribution in [0.1, 0.15) is 49.8 Å². The predicted molar refractivity (Wildman–Crippen MR) is 112 cm³/mol. The SMILES string of the molecule is O=C(C1CCCO1)N(Cc1ccc(OCCc2ccccn2)cc1)C1CCCC1. The van der Waals surface area contributed by atoms with Gasteiger partial charge in [0.15, 0.2) is 0 Å². The van der Waals surface area contributed by atoms with Gasteiger partial charge in [0.1, 0.15) is 11.9 Å². The number of rotatable bonds is 8. The Kier molecular flexibility index (Phi) is 6.78. The van der Waals surface area contributed by atoms with Crippen LogP contribution in [0.4, 0.5) is 0 Å². The van der Waals surface area contributed by atoms with Crippen molar-refractivity contribution >= 4 is 5.91 Å². The lowest BCUT2D eigenvalue weighted by Gasteiger charge is -2.31. The van der Waals surface area contributed by atoms with Crippen LogP contribution in [0, 0.1) is 0 Å². The Bertz CT molecular complexity index is 766. The Morgan fingerprint density at radius 1 is 1.07 bits per heavy atom. The molecule has 2 fully saturated rings. The van der Waals surface area contributed by atoms with E-state index in [4.69, 9.17) is 9.47 Å². The topological polar surface area (TPSA) is 51.7 Å². The van der Waals surface area contributed by atoms with Crippen molar-refractivity contribution in [3.63, 3.8) is 0 Å². The summed E-state index contributed by atoms with van der Waals surface area (Å²) in [5.41, 5.74) is 2.17. The van der Waals surface area contributed by atoms with E-state index in [1.165, 1.54) is 12.8 Å². The van der Waals surface area contributed by atoms with Crippen molar-refractivity contribution in [3.05, 3.63) is 59.9 Å². The summed E-state index contributed by atoms with van der Waals surface area (Å²) in [5, 5.41) is 0. The first-order valence-electron chi connectivity index (χ1n) is 10.8. The molecule has 5 heteroatoms. The fraction of sp³-hybridized carbons (Fsp3) is 0.500. The van der Waals surface area contributed by atoms with E-state index in [-0.39, 0.29) is 12.0 Å². The molecule has 4 rings (SSSR count).